The molecular weight excluding hydrogens is 228 g/mol. The first-order valence-electron chi connectivity index (χ1n) is 4.44. The lowest BCUT2D eigenvalue weighted by Gasteiger charge is -2.05. The van der Waals surface area contributed by atoms with E-state index < -0.39 is 0 Å². The number of rotatable bonds is 2. The van der Waals surface area contributed by atoms with Gasteiger partial charge in [0, 0.05) is 18.6 Å². The second-order valence-corrected chi connectivity index (χ2v) is 3.28. The van der Waals surface area contributed by atoms with Crippen LogP contribution < -0.4 is 5.32 Å². The number of carbonyl (C=O) groups excluding carboxylic acids is 1. The fourth-order valence-electron chi connectivity index (χ4n) is 1.09. The maximum absolute atomic E-state index is 11.7. The Morgan fingerprint density at radius 1 is 1.31 bits per heavy atom. The maximum Gasteiger partial charge on any atom is 0.258 e. The summed E-state index contributed by atoms with van der Waals surface area (Å²) in [5.41, 5.74) is 0.820. The number of anilines is 1. The zero-order valence-electron chi connectivity index (χ0n) is 8.09. The van der Waals surface area contributed by atoms with Gasteiger partial charge in [0.05, 0.1) is 11.3 Å². The van der Waals surface area contributed by atoms with E-state index in [-0.39, 0.29) is 11.1 Å². The van der Waals surface area contributed by atoms with Crippen molar-refractivity contribution in [1.29, 1.82) is 0 Å². The first-order valence-corrected chi connectivity index (χ1v) is 4.82. The van der Waals surface area contributed by atoms with Crippen LogP contribution in [0.3, 0.4) is 0 Å². The van der Waals surface area contributed by atoms with Gasteiger partial charge in [0.25, 0.3) is 5.91 Å². The van der Waals surface area contributed by atoms with Gasteiger partial charge < -0.3 is 5.32 Å². The van der Waals surface area contributed by atoms with E-state index in [2.05, 4.69) is 20.3 Å². The molecule has 2 aromatic rings. The quantitative estimate of drug-likeness (QED) is 0.805. The predicted octanol–water partition coefficient (Wildman–Crippen LogP) is 1.78. The van der Waals surface area contributed by atoms with E-state index in [1.54, 1.807) is 18.3 Å². The number of halogens is 1. The summed E-state index contributed by atoms with van der Waals surface area (Å²) in [6.07, 6.45) is 5.75. The molecule has 0 bridgehead atoms. The third-order valence-electron chi connectivity index (χ3n) is 1.83. The zero-order chi connectivity index (χ0) is 11.4. The minimum absolute atomic E-state index is 0.243. The van der Waals surface area contributed by atoms with Crippen molar-refractivity contribution in [2.75, 3.05) is 5.32 Å². The lowest BCUT2D eigenvalue weighted by atomic mass is 10.3. The second kappa shape index (κ2) is 4.67. The van der Waals surface area contributed by atoms with Gasteiger partial charge in [-0.2, -0.15) is 0 Å². The van der Waals surface area contributed by atoms with Gasteiger partial charge in [-0.15, -0.1) is 0 Å². The molecular formula is C10H7ClN4O. The van der Waals surface area contributed by atoms with Crippen LogP contribution in [0, 0.1) is 0 Å². The predicted molar refractivity (Wildman–Crippen MR) is 59.2 cm³/mol. The smallest absolute Gasteiger partial charge is 0.258 e. The summed E-state index contributed by atoms with van der Waals surface area (Å²) in [4.78, 5) is 23.0. The number of amides is 1. The lowest BCUT2D eigenvalue weighted by Crippen LogP contribution is -2.12. The third-order valence-corrected chi connectivity index (χ3v) is 2.13. The van der Waals surface area contributed by atoms with Crippen LogP contribution >= 0.6 is 11.6 Å². The molecule has 0 aliphatic rings. The molecule has 0 radical (unpaired) electrons. The van der Waals surface area contributed by atoms with Crippen LogP contribution in [0.2, 0.25) is 5.15 Å². The molecule has 5 nitrogen and oxygen atoms in total. The van der Waals surface area contributed by atoms with E-state index in [1.165, 1.54) is 18.7 Å². The van der Waals surface area contributed by atoms with Crippen molar-refractivity contribution >= 4 is 23.2 Å². The molecule has 0 fully saturated rings. The number of pyridine rings is 1. The van der Waals surface area contributed by atoms with Gasteiger partial charge >= 0.3 is 0 Å². The van der Waals surface area contributed by atoms with E-state index >= 15 is 0 Å². The van der Waals surface area contributed by atoms with Crippen LogP contribution in [-0.4, -0.2) is 20.9 Å². The molecule has 2 rings (SSSR count). The van der Waals surface area contributed by atoms with Crippen molar-refractivity contribution in [2.45, 2.75) is 0 Å². The van der Waals surface area contributed by atoms with E-state index in [4.69, 9.17) is 11.6 Å². The molecule has 0 saturated heterocycles. The number of carbonyl (C=O) groups is 1. The van der Waals surface area contributed by atoms with Crippen molar-refractivity contribution in [1.82, 2.24) is 15.0 Å². The Kier molecular flexibility index (Phi) is 3.07. The molecule has 16 heavy (non-hydrogen) atoms. The van der Waals surface area contributed by atoms with Gasteiger partial charge in [-0.3, -0.25) is 4.79 Å². The van der Waals surface area contributed by atoms with E-state index in [0.29, 0.717) is 11.3 Å². The molecule has 0 atom stereocenters. The van der Waals surface area contributed by atoms with Crippen LogP contribution in [0.15, 0.2) is 37.1 Å². The zero-order valence-corrected chi connectivity index (χ0v) is 8.85. The average molecular weight is 235 g/mol. The number of nitrogens with zero attached hydrogens (tertiary/aromatic N) is 3. The van der Waals surface area contributed by atoms with Crippen LogP contribution in [0.4, 0.5) is 5.69 Å². The monoisotopic (exact) mass is 234 g/mol. The third kappa shape index (κ3) is 2.32. The first-order chi connectivity index (χ1) is 7.77. The minimum Gasteiger partial charge on any atom is -0.319 e. The average Bonchev–Trinajstić information content (AvgIpc) is 2.33. The number of nitrogens with one attached hydrogen (secondary N) is 1. The Labute approximate surface area is 96.5 Å². The summed E-state index contributed by atoms with van der Waals surface area (Å²) < 4.78 is 0. The Hall–Kier alpha value is -2.01. The van der Waals surface area contributed by atoms with Gasteiger partial charge in [-0.05, 0) is 12.1 Å². The standard InChI is InChI=1S/C10H7ClN4O/c11-9-8(2-1-3-14-9)15-10(16)7-4-12-6-13-5-7/h1-6H,(H,15,16). The highest BCUT2D eigenvalue weighted by Crippen LogP contribution is 2.17. The Bertz CT molecular complexity index is 503. The van der Waals surface area contributed by atoms with Crippen molar-refractivity contribution in [2.24, 2.45) is 0 Å². The first kappa shape index (κ1) is 10.5. The Morgan fingerprint density at radius 2 is 2.06 bits per heavy atom. The second-order valence-electron chi connectivity index (χ2n) is 2.92. The highest BCUT2D eigenvalue weighted by molar-refractivity contribution is 6.32. The fraction of sp³-hybridized carbons (Fsp3) is 0. The molecule has 80 valence electrons. The minimum atomic E-state index is -0.324. The summed E-state index contributed by atoms with van der Waals surface area (Å²) in [7, 11) is 0. The summed E-state index contributed by atoms with van der Waals surface area (Å²) in [5, 5.41) is 2.86. The molecule has 0 aromatic carbocycles. The van der Waals surface area contributed by atoms with Crippen LogP contribution in [0.5, 0.6) is 0 Å². The normalized spacial score (nSPS) is 9.81. The van der Waals surface area contributed by atoms with Gasteiger partial charge in [-0.25, -0.2) is 15.0 Å². The highest BCUT2D eigenvalue weighted by Gasteiger charge is 2.08. The van der Waals surface area contributed by atoms with Gasteiger partial charge in [-0.1, -0.05) is 11.6 Å². The topological polar surface area (TPSA) is 67.8 Å². The molecule has 2 aromatic heterocycles. The molecule has 2 heterocycles. The summed E-state index contributed by atoms with van der Waals surface area (Å²) in [5.74, 6) is -0.324. The molecule has 0 aliphatic heterocycles. The molecule has 6 heteroatoms. The highest BCUT2D eigenvalue weighted by atomic mass is 35.5. The molecule has 0 aliphatic carbocycles. The van der Waals surface area contributed by atoms with Crippen molar-refractivity contribution < 1.29 is 4.79 Å². The maximum atomic E-state index is 11.7. The molecule has 1 N–H and O–H groups in total. The largest absolute Gasteiger partial charge is 0.319 e. The SMILES string of the molecule is O=C(Nc1cccnc1Cl)c1cncnc1. The Morgan fingerprint density at radius 3 is 2.75 bits per heavy atom. The van der Waals surface area contributed by atoms with E-state index in [0.717, 1.165) is 0 Å². The van der Waals surface area contributed by atoms with Crippen LogP contribution in [-0.2, 0) is 0 Å². The Balaban J connectivity index is 2.18. The van der Waals surface area contributed by atoms with E-state index in [1.807, 2.05) is 0 Å². The molecule has 0 spiro atoms. The summed E-state index contributed by atoms with van der Waals surface area (Å²) in [6.45, 7) is 0. The van der Waals surface area contributed by atoms with Crippen LogP contribution in [0.25, 0.3) is 0 Å². The van der Waals surface area contributed by atoms with Crippen molar-refractivity contribution in [3.05, 3.63) is 47.8 Å². The molecule has 1 amide bonds. The van der Waals surface area contributed by atoms with Crippen LogP contribution in [0.1, 0.15) is 10.4 Å². The van der Waals surface area contributed by atoms with Crippen molar-refractivity contribution in [3.63, 3.8) is 0 Å². The summed E-state index contributed by atoms with van der Waals surface area (Å²) in [6, 6.07) is 3.35. The van der Waals surface area contributed by atoms with Crippen molar-refractivity contribution in [3.8, 4) is 0 Å². The summed E-state index contributed by atoms with van der Waals surface area (Å²) >= 11 is 5.80. The molecule has 0 saturated carbocycles. The molecule has 0 unspecified atom stereocenters. The van der Waals surface area contributed by atoms with Gasteiger partial charge in [0.15, 0.2) is 5.15 Å². The fourth-order valence-corrected chi connectivity index (χ4v) is 1.26. The number of hydrogen-bond donors (Lipinski definition) is 1. The lowest BCUT2D eigenvalue weighted by molar-refractivity contribution is 0.102. The number of aromatic nitrogens is 3. The van der Waals surface area contributed by atoms with Gasteiger partial charge in [0.1, 0.15) is 6.33 Å². The van der Waals surface area contributed by atoms with E-state index in [9.17, 15) is 4.79 Å². The van der Waals surface area contributed by atoms with Gasteiger partial charge in [0.2, 0.25) is 0 Å². The number of hydrogen-bond acceptors (Lipinski definition) is 4.